The van der Waals surface area contributed by atoms with Gasteiger partial charge in [0, 0.05) is 25.4 Å². The van der Waals surface area contributed by atoms with Crippen LogP contribution in [0.3, 0.4) is 0 Å². The highest BCUT2D eigenvalue weighted by Gasteiger charge is 2.09. The van der Waals surface area contributed by atoms with E-state index in [-0.39, 0.29) is 53.1 Å². The molecular formula is C61H95N9O11S. The molecule has 2 unspecified atom stereocenters. The number of likely N-dealkylation sites (N-methyl/N-ethyl adjacent to an activating group) is 1. The smallest absolute Gasteiger partial charge is 0.255 e. The number of nitrogen functional groups attached to an aromatic ring is 6. The van der Waals surface area contributed by atoms with Gasteiger partial charge in [-0.2, -0.15) is 0 Å². The van der Waals surface area contributed by atoms with Gasteiger partial charge in [-0.1, -0.05) is 49.9 Å². The molecule has 456 valence electrons. The van der Waals surface area contributed by atoms with Crippen LogP contribution in [0.15, 0.2) is 109 Å². The molecule has 0 saturated carbocycles. The highest BCUT2D eigenvalue weighted by molar-refractivity contribution is 7.88. The molecule has 18 N–H and O–H groups in total. The van der Waals surface area contributed by atoms with Crippen LogP contribution in [0, 0.1) is 41.5 Å². The summed E-state index contributed by atoms with van der Waals surface area (Å²) < 4.78 is 50.4. The van der Waals surface area contributed by atoms with E-state index < -0.39 is 28.1 Å². The summed E-state index contributed by atoms with van der Waals surface area (Å²) in [6, 6.07) is 33.7. The largest absolute Gasteiger partial charge is 0.490 e. The van der Waals surface area contributed by atoms with Crippen LogP contribution < -0.4 is 68.5 Å². The van der Waals surface area contributed by atoms with Crippen molar-refractivity contribution in [1.82, 2.24) is 9.62 Å². The molecule has 0 spiro atoms. The minimum absolute atomic E-state index is 0. The van der Waals surface area contributed by atoms with Crippen molar-refractivity contribution in [2.24, 2.45) is 5.73 Å². The van der Waals surface area contributed by atoms with Crippen LogP contribution in [0.2, 0.25) is 0 Å². The molecule has 0 aliphatic carbocycles. The van der Waals surface area contributed by atoms with Gasteiger partial charge in [0.1, 0.15) is 54.7 Å². The number of anilines is 6. The Hall–Kier alpha value is -7.66. The Bertz CT molecular complexity index is 2930. The number of aryl methyl sites for hydroxylation is 6. The summed E-state index contributed by atoms with van der Waals surface area (Å²) in [5.74, 6) is 2.58. The number of nitrogens with two attached hydrogens (primary N) is 7. The van der Waals surface area contributed by atoms with E-state index in [1.165, 1.54) is 0 Å². The van der Waals surface area contributed by atoms with Gasteiger partial charge in [-0.15, -0.1) is 0 Å². The number of aliphatic hydroxyl groups is 3. The molecular weight excluding hydrogens is 1070 g/mol. The maximum absolute atomic E-state index is 10.8. The van der Waals surface area contributed by atoms with E-state index in [4.69, 9.17) is 74.0 Å². The van der Waals surface area contributed by atoms with Crippen molar-refractivity contribution in [3.63, 3.8) is 0 Å². The Balaban J connectivity index is 0.000000962. The van der Waals surface area contributed by atoms with Crippen LogP contribution in [-0.4, -0.2) is 119 Å². The number of carbonyl (C=O) groups excluding carboxylic acids is 1. The van der Waals surface area contributed by atoms with E-state index in [9.17, 15) is 18.3 Å². The average molecular weight is 1160 g/mol. The fourth-order valence-corrected chi connectivity index (χ4v) is 7.15. The van der Waals surface area contributed by atoms with Crippen LogP contribution in [0.25, 0.3) is 0 Å². The first-order valence-electron chi connectivity index (χ1n) is 26.1. The second-order valence-corrected chi connectivity index (χ2v) is 21.5. The van der Waals surface area contributed by atoms with Crippen LogP contribution in [0.4, 0.5) is 34.1 Å². The molecule has 1 amide bonds. The maximum Gasteiger partial charge on any atom is 0.255 e. The van der Waals surface area contributed by atoms with Crippen LogP contribution in [-0.2, 0) is 21.2 Å². The quantitative estimate of drug-likeness (QED) is 0.0264. The van der Waals surface area contributed by atoms with E-state index in [0.29, 0.717) is 64.4 Å². The first-order valence-corrected chi connectivity index (χ1v) is 28.0. The van der Waals surface area contributed by atoms with Crippen molar-refractivity contribution >= 4 is 50.1 Å². The minimum Gasteiger partial charge on any atom is -0.490 e. The maximum atomic E-state index is 10.8. The molecule has 20 nitrogen and oxygen atoms in total. The topological polar surface area (TPSA) is 355 Å². The summed E-state index contributed by atoms with van der Waals surface area (Å²) in [6.07, 6.45) is 0.950. The molecule has 21 heteroatoms. The molecule has 0 heterocycles. The molecule has 0 saturated heterocycles. The van der Waals surface area contributed by atoms with Crippen LogP contribution in [0.5, 0.6) is 28.7 Å². The van der Waals surface area contributed by atoms with Crippen molar-refractivity contribution in [3.05, 3.63) is 148 Å². The molecule has 0 bridgehead atoms. The molecule has 0 aliphatic rings. The summed E-state index contributed by atoms with van der Waals surface area (Å²) in [7, 11) is 0.656. The summed E-state index contributed by atoms with van der Waals surface area (Å²) in [6.45, 7) is 19.0. The lowest BCUT2D eigenvalue weighted by Gasteiger charge is -2.17. The monoisotopic (exact) mass is 1160 g/mol. The number of carbonyl (C=O) groups is 1. The predicted octanol–water partition coefficient (Wildman–Crippen LogP) is 7.27. The van der Waals surface area contributed by atoms with Crippen molar-refractivity contribution in [3.8, 4) is 28.7 Å². The Labute approximate surface area is 487 Å². The fourth-order valence-electron chi connectivity index (χ4n) is 6.70. The lowest BCUT2D eigenvalue weighted by atomic mass is 10.1. The zero-order valence-electron chi connectivity index (χ0n) is 49.3. The Morgan fingerprint density at radius 3 is 1.24 bits per heavy atom. The van der Waals surface area contributed by atoms with Crippen molar-refractivity contribution in [1.29, 1.82) is 0 Å². The van der Waals surface area contributed by atoms with Gasteiger partial charge >= 0.3 is 0 Å². The lowest BCUT2D eigenvalue weighted by molar-refractivity contribution is -0.119. The van der Waals surface area contributed by atoms with Gasteiger partial charge in [0.2, 0.25) is 10.0 Å². The molecule has 2 atom stereocenters. The number of amides is 1. The number of nitrogens with zero attached hydrogens (tertiary/aromatic N) is 1. The number of rotatable bonds is 20. The summed E-state index contributed by atoms with van der Waals surface area (Å²) in [4.78, 5) is 12.3. The number of benzene rings is 6. The van der Waals surface area contributed by atoms with Crippen LogP contribution >= 0.6 is 0 Å². The van der Waals surface area contributed by atoms with E-state index in [1.807, 2.05) is 159 Å². The van der Waals surface area contributed by atoms with E-state index >= 15 is 0 Å². The van der Waals surface area contributed by atoms with Crippen LogP contribution in [0.1, 0.15) is 67.1 Å². The normalized spacial score (nSPS) is 11.1. The van der Waals surface area contributed by atoms with Gasteiger partial charge in [0.15, 0.2) is 6.61 Å². The van der Waals surface area contributed by atoms with Gasteiger partial charge < -0.3 is 84.0 Å². The summed E-state index contributed by atoms with van der Waals surface area (Å²) >= 11 is 0. The molecule has 6 aromatic carbocycles. The van der Waals surface area contributed by atoms with E-state index in [0.717, 1.165) is 56.6 Å². The third-order valence-corrected chi connectivity index (χ3v) is 11.2. The van der Waals surface area contributed by atoms with E-state index in [1.54, 1.807) is 31.2 Å². The number of nitrogens with one attached hydrogen (secondary N) is 1. The number of primary amides is 1. The Morgan fingerprint density at radius 1 is 0.561 bits per heavy atom. The third kappa shape index (κ3) is 33.8. The van der Waals surface area contributed by atoms with Gasteiger partial charge in [0.05, 0.1) is 46.9 Å². The molecule has 0 radical (unpaired) electrons. The summed E-state index contributed by atoms with van der Waals surface area (Å²) in [5.41, 5.74) is 50.6. The average Bonchev–Trinajstić information content (AvgIpc) is 3.39. The first-order chi connectivity index (χ1) is 37.9. The standard InChI is InChI=1S/C12H20N2O2.C10H16N2O3S.C10H15NO2.C10H15NO.C9H12N2O2.C9H13NO.CH4/c1-9-4-5-12(11(13)6-9)16-8-10(15)7-14(2)3;1-8-3-4-10(9(11)7-8)15-6-5-12-16(2,13)14;1-7-3-4-10(9(11)5-7)13-6-8(2)12;1-7(2)12-10-5-4-8(3)6-9(10)11;1-6-2-3-8(7(10)4-6)13-5-9(11)12;1-7-2-3-8(4-5-11)9(10)6-7;/h4-6,10,15H,7-8,13H2,1-3H3;3-4,7,12H,5-6,11H2,1-2H3;3-5,8,12H,6,11H2,1-2H3;4-7H,11H2,1-3H3;2-4H,5,10H2,1H3,(H2,11,12);2-3,6,11H,4-5,10H2,1H3;1H4. The Morgan fingerprint density at radius 2 is 0.915 bits per heavy atom. The van der Waals surface area contributed by atoms with Crippen molar-refractivity contribution < 1.29 is 52.2 Å². The molecule has 6 rings (SSSR count). The van der Waals surface area contributed by atoms with Gasteiger partial charge in [-0.05, 0) is 189 Å². The number of sulfonamides is 1. The van der Waals surface area contributed by atoms with Gasteiger partial charge in [-0.3, -0.25) is 4.79 Å². The second-order valence-electron chi connectivity index (χ2n) is 19.7. The zero-order chi connectivity index (χ0) is 61.4. The first kappa shape index (κ1) is 74.3. The van der Waals surface area contributed by atoms with Gasteiger partial charge in [0.25, 0.3) is 5.91 Å². The Kier molecular flexibility index (Phi) is 35.3. The SMILES string of the molecule is C.Cc1ccc(CCO)c(N)c1.Cc1ccc(OC(C)C)c(N)c1.Cc1ccc(OCC(C)O)c(N)c1.Cc1ccc(OCC(N)=O)c(N)c1.Cc1ccc(OCC(O)CN(C)C)c(N)c1.Cc1ccc(OCCNS(C)(=O)=O)c(N)c1. The zero-order valence-corrected chi connectivity index (χ0v) is 50.1. The van der Waals surface area contributed by atoms with Crippen molar-refractivity contribution in [2.75, 3.05) is 101 Å². The molecule has 6 aromatic rings. The number of hydrogen-bond acceptors (Lipinski definition) is 18. The minimum atomic E-state index is -3.16. The fraction of sp³-hybridized carbons (Fsp3) is 0.393. The van der Waals surface area contributed by atoms with Gasteiger partial charge in [-0.25, -0.2) is 13.1 Å². The highest BCUT2D eigenvalue weighted by atomic mass is 32.2. The van der Waals surface area contributed by atoms with E-state index in [2.05, 4.69) is 4.72 Å². The number of ether oxygens (including phenoxy) is 5. The second kappa shape index (κ2) is 38.9. The van der Waals surface area contributed by atoms with Crippen molar-refractivity contribution in [2.45, 2.75) is 94.5 Å². The molecule has 0 fully saturated rings. The third-order valence-electron chi connectivity index (χ3n) is 10.5. The molecule has 0 aromatic heterocycles. The lowest BCUT2D eigenvalue weighted by Crippen LogP contribution is -2.30. The number of hydrogen-bond donors (Lipinski definition) is 11. The molecule has 0 aliphatic heterocycles. The number of aliphatic hydroxyl groups excluding tert-OH is 3. The predicted molar refractivity (Wildman–Crippen MR) is 337 cm³/mol. The highest BCUT2D eigenvalue weighted by Crippen LogP contribution is 2.26. The summed E-state index contributed by atoms with van der Waals surface area (Å²) in [5, 5.41) is 27.3. The molecule has 82 heavy (non-hydrogen) atoms.